The lowest BCUT2D eigenvalue weighted by molar-refractivity contribution is -0.875. The second-order valence-corrected chi connectivity index (χ2v) is 13.0. The third kappa shape index (κ3) is 19.8. The minimum absolute atomic E-state index is 0.0588. The Hall–Kier alpha value is -0.450. The molecule has 0 saturated carbocycles. The van der Waals surface area contributed by atoms with E-state index in [9.17, 15) is 19.5 Å². The average Bonchev–Trinajstić information content (AvgIpc) is 2.73. The number of likely N-dealkylation sites (N-methyl/N-ethyl adjacent to an activating group) is 1. The lowest BCUT2D eigenvalue weighted by atomic mass is 10.0. The molecule has 0 rings (SSSR count). The van der Waals surface area contributed by atoms with Gasteiger partial charge in [-0.2, -0.15) is 0 Å². The van der Waals surface area contributed by atoms with Crippen LogP contribution < -0.4 is 0 Å². The van der Waals surface area contributed by atoms with Crippen molar-refractivity contribution >= 4 is 7.60 Å². The molecule has 0 radical (unpaired) electrons. The second kappa shape index (κ2) is 19.7. The molecule has 0 spiro atoms. The summed E-state index contributed by atoms with van der Waals surface area (Å²) in [6.07, 6.45) is 29.8. The molecular weight excluding hydrogens is 445 g/mol. The fourth-order valence-electron chi connectivity index (χ4n) is 4.30. The highest BCUT2D eigenvalue weighted by Crippen LogP contribution is 2.52. The molecule has 0 aromatic rings. The van der Waals surface area contributed by atoms with Crippen LogP contribution in [0.2, 0.25) is 0 Å². The van der Waals surface area contributed by atoms with Gasteiger partial charge in [0.1, 0.15) is 6.54 Å². The number of hydrogen-bond donors (Lipinski definition) is 3. The minimum atomic E-state index is -4.55. The summed E-state index contributed by atoms with van der Waals surface area (Å²) in [5.74, 6) is 0. The third-order valence-electron chi connectivity index (χ3n) is 6.27. The smallest absolute Gasteiger partial charge is 0.362 e. The van der Waals surface area contributed by atoms with E-state index in [2.05, 4.69) is 31.2 Å². The van der Waals surface area contributed by atoms with Crippen molar-refractivity contribution in [3.05, 3.63) is 24.3 Å². The molecular formula is C28H57NO4P+. The predicted molar refractivity (Wildman–Crippen MR) is 147 cm³/mol. The first-order valence-electron chi connectivity index (χ1n) is 13.9. The van der Waals surface area contributed by atoms with Crippen molar-refractivity contribution in [3.63, 3.8) is 0 Å². The van der Waals surface area contributed by atoms with E-state index in [0.29, 0.717) is 10.9 Å². The van der Waals surface area contributed by atoms with E-state index in [1.165, 1.54) is 83.5 Å². The molecule has 1 atom stereocenters. The van der Waals surface area contributed by atoms with Crippen LogP contribution in [0.3, 0.4) is 0 Å². The molecule has 0 aromatic heterocycles. The van der Waals surface area contributed by atoms with Crippen molar-refractivity contribution in [2.24, 2.45) is 0 Å². The van der Waals surface area contributed by atoms with Crippen LogP contribution in [0.1, 0.15) is 122 Å². The Bertz CT molecular complexity index is 579. The Labute approximate surface area is 211 Å². The largest absolute Gasteiger partial charge is 0.373 e. The molecule has 0 amide bonds. The van der Waals surface area contributed by atoms with E-state index < -0.39 is 12.9 Å². The Balaban J connectivity index is 3.58. The van der Waals surface area contributed by atoms with E-state index in [-0.39, 0.29) is 13.0 Å². The summed E-state index contributed by atoms with van der Waals surface area (Å²) in [6, 6.07) is 0. The maximum absolute atomic E-state index is 11.8. The molecule has 1 unspecified atom stereocenters. The molecule has 6 heteroatoms. The summed E-state index contributed by atoms with van der Waals surface area (Å²) in [7, 11) is 0.973. The van der Waals surface area contributed by atoms with E-state index in [1.807, 2.05) is 21.1 Å². The van der Waals surface area contributed by atoms with Gasteiger partial charge in [-0.25, -0.2) is 0 Å². The van der Waals surface area contributed by atoms with Gasteiger partial charge >= 0.3 is 7.60 Å². The van der Waals surface area contributed by atoms with E-state index in [4.69, 9.17) is 0 Å². The highest BCUT2D eigenvalue weighted by Gasteiger charge is 2.48. The molecule has 0 heterocycles. The second-order valence-electron chi connectivity index (χ2n) is 11.1. The first-order chi connectivity index (χ1) is 16.0. The molecule has 3 N–H and O–H groups in total. The monoisotopic (exact) mass is 502 g/mol. The van der Waals surface area contributed by atoms with Gasteiger partial charge < -0.3 is 19.4 Å². The highest BCUT2D eigenvalue weighted by molar-refractivity contribution is 7.53. The molecule has 5 nitrogen and oxygen atoms in total. The standard InChI is InChI=1S/C28H56NO4P/c1-5-6-7-8-9-10-11-12-13-14-15-16-17-18-19-20-21-22-23-24-25-26-28(30,34(31,32)33)27-29(2,3)4/h8-9,14-15,30H,5-7,10-13,16-27H2,1-4H3,(H-,31,32,33)/p+1/b9-8-,15-14-. The van der Waals surface area contributed by atoms with Crippen LogP contribution in [0.5, 0.6) is 0 Å². The maximum atomic E-state index is 11.8. The topological polar surface area (TPSA) is 77.8 Å². The number of rotatable bonds is 23. The molecule has 34 heavy (non-hydrogen) atoms. The Kier molecular flexibility index (Phi) is 19.4. The molecule has 0 aromatic carbocycles. The van der Waals surface area contributed by atoms with Crippen molar-refractivity contribution < 1.29 is 23.9 Å². The summed E-state index contributed by atoms with van der Waals surface area (Å²) in [6.45, 7) is 2.30. The lowest BCUT2D eigenvalue weighted by Crippen LogP contribution is -2.49. The summed E-state index contributed by atoms with van der Waals surface area (Å²) in [4.78, 5) is 19.2. The summed E-state index contributed by atoms with van der Waals surface area (Å²) in [5.41, 5.74) is 0. The van der Waals surface area contributed by atoms with E-state index in [1.54, 1.807) is 0 Å². The van der Waals surface area contributed by atoms with Gasteiger partial charge in [-0.15, -0.1) is 0 Å². The molecule has 0 saturated heterocycles. The Morgan fingerprint density at radius 3 is 1.38 bits per heavy atom. The van der Waals surface area contributed by atoms with Crippen LogP contribution in [-0.4, -0.2) is 52.4 Å². The van der Waals surface area contributed by atoms with Gasteiger partial charge in [0.2, 0.25) is 5.34 Å². The van der Waals surface area contributed by atoms with Gasteiger partial charge in [-0.1, -0.05) is 89.0 Å². The van der Waals surface area contributed by atoms with Gasteiger partial charge in [-0.3, -0.25) is 4.57 Å². The summed E-state index contributed by atoms with van der Waals surface area (Å²) in [5, 5.41) is 8.64. The number of nitrogens with zero attached hydrogens (tertiary/aromatic N) is 1. The highest BCUT2D eigenvalue weighted by atomic mass is 31.2. The van der Waals surface area contributed by atoms with Crippen molar-refractivity contribution in [1.29, 1.82) is 0 Å². The number of hydrogen-bond acceptors (Lipinski definition) is 2. The first-order valence-corrected chi connectivity index (χ1v) is 15.5. The zero-order chi connectivity index (χ0) is 25.8. The number of allylic oxidation sites excluding steroid dienone is 4. The Morgan fingerprint density at radius 2 is 1.00 bits per heavy atom. The number of quaternary nitrogens is 1. The van der Waals surface area contributed by atoms with Gasteiger partial charge in [0.05, 0.1) is 21.1 Å². The van der Waals surface area contributed by atoms with Crippen molar-refractivity contribution in [1.82, 2.24) is 0 Å². The van der Waals surface area contributed by atoms with Crippen LogP contribution in [0, 0.1) is 0 Å². The predicted octanol–water partition coefficient (Wildman–Crippen LogP) is 7.71. The fraction of sp³-hybridized carbons (Fsp3) is 0.857. The Morgan fingerprint density at radius 1 is 0.647 bits per heavy atom. The zero-order valence-electron chi connectivity index (χ0n) is 22.9. The van der Waals surface area contributed by atoms with E-state index in [0.717, 1.165) is 19.3 Å². The van der Waals surface area contributed by atoms with Crippen LogP contribution in [0.25, 0.3) is 0 Å². The van der Waals surface area contributed by atoms with Gasteiger partial charge in [-0.05, 0) is 57.8 Å². The van der Waals surface area contributed by atoms with Crippen LogP contribution >= 0.6 is 7.60 Å². The molecule has 0 aliphatic rings. The van der Waals surface area contributed by atoms with Crippen molar-refractivity contribution in [2.75, 3.05) is 27.7 Å². The first kappa shape index (κ1) is 33.5. The summed E-state index contributed by atoms with van der Waals surface area (Å²) < 4.78 is 12.1. The lowest BCUT2D eigenvalue weighted by Gasteiger charge is -2.35. The van der Waals surface area contributed by atoms with Crippen molar-refractivity contribution in [3.8, 4) is 0 Å². The van der Waals surface area contributed by atoms with Crippen LogP contribution in [-0.2, 0) is 4.57 Å². The van der Waals surface area contributed by atoms with E-state index >= 15 is 0 Å². The zero-order valence-corrected chi connectivity index (χ0v) is 23.8. The summed E-state index contributed by atoms with van der Waals surface area (Å²) >= 11 is 0. The van der Waals surface area contributed by atoms with Gasteiger partial charge in [0, 0.05) is 0 Å². The van der Waals surface area contributed by atoms with Gasteiger partial charge in [0.15, 0.2) is 0 Å². The average molecular weight is 503 g/mol. The molecule has 0 aliphatic heterocycles. The maximum Gasteiger partial charge on any atom is 0.362 e. The number of aliphatic hydroxyl groups is 1. The normalized spacial score (nSPS) is 14.9. The molecule has 0 bridgehead atoms. The quantitative estimate of drug-likeness (QED) is 0.0578. The molecule has 0 fully saturated rings. The molecule has 202 valence electrons. The molecule has 0 aliphatic carbocycles. The van der Waals surface area contributed by atoms with Crippen molar-refractivity contribution in [2.45, 2.75) is 128 Å². The van der Waals surface area contributed by atoms with Crippen LogP contribution in [0.4, 0.5) is 0 Å². The third-order valence-corrected chi connectivity index (χ3v) is 7.72. The SMILES string of the molecule is CCCC/C=C\CCCC/C=C\CCCCCCCCCCCC(O)(C[N+](C)(C)C)P(=O)(O)O. The fourth-order valence-corrected chi connectivity index (χ4v) is 5.36. The number of unbranched alkanes of at least 4 members (excludes halogenated alkanes) is 14. The minimum Gasteiger partial charge on any atom is -0.373 e. The van der Waals surface area contributed by atoms with Crippen LogP contribution in [0.15, 0.2) is 24.3 Å². The van der Waals surface area contributed by atoms with Gasteiger partial charge in [0.25, 0.3) is 0 Å².